The number of hydrogen-bond acceptors (Lipinski definition) is 4. The Balaban J connectivity index is 1.46. The van der Waals surface area contributed by atoms with E-state index in [0.717, 1.165) is 26.0 Å². The Kier molecular flexibility index (Phi) is 7.62. The molecule has 0 spiro atoms. The van der Waals surface area contributed by atoms with Crippen molar-refractivity contribution in [1.29, 1.82) is 0 Å². The van der Waals surface area contributed by atoms with E-state index in [0.29, 0.717) is 5.75 Å². The Bertz CT molecular complexity index is 999. The highest BCUT2D eigenvalue weighted by Gasteiger charge is 2.08. The number of rotatable bonds is 6. The van der Waals surface area contributed by atoms with E-state index in [1.165, 1.54) is 0 Å². The molecule has 0 aliphatic heterocycles. The largest absolute Gasteiger partial charge is 0.483 e. The van der Waals surface area contributed by atoms with Gasteiger partial charge in [-0.3, -0.25) is 10.1 Å². The van der Waals surface area contributed by atoms with Crippen molar-refractivity contribution in [2.45, 2.75) is 0 Å². The zero-order valence-corrected chi connectivity index (χ0v) is 19.1. The summed E-state index contributed by atoms with van der Waals surface area (Å²) < 4.78 is 7.17. The molecule has 29 heavy (non-hydrogen) atoms. The molecule has 0 aromatic heterocycles. The number of nitrogens with one attached hydrogen (secondary N) is 3. The molecule has 0 saturated heterocycles. The van der Waals surface area contributed by atoms with Crippen molar-refractivity contribution >= 4 is 72.2 Å². The molecule has 5 nitrogen and oxygen atoms in total. The van der Waals surface area contributed by atoms with Gasteiger partial charge in [0.25, 0.3) is 5.91 Å². The lowest BCUT2D eigenvalue weighted by atomic mass is 10.2. The van der Waals surface area contributed by atoms with Gasteiger partial charge in [-0.25, -0.2) is 0 Å². The number of thiocarbonyl (C=S) groups is 1. The molecule has 0 aliphatic rings. The Morgan fingerprint density at radius 1 is 0.897 bits per heavy atom. The summed E-state index contributed by atoms with van der Waals surface area (Å²) >= 11 is 12.0. The van der Waals surface area contributed by atoms with Crippen LogP contribution in [0.25, 0.3) is 0 Å². The number of carbonyl (C=O) groups excluding carboxylic acids is 1. The lowest BCUT2D eigenvalue weighted by Crippen LogP contribution is -2.37. The quantitative estimate of drug-likeness (QED) is 0.346. The lowest BCUT2D eigenvalue weighted by molar-refractivity contribution is -0.121. The van der Waals surface area contributed by atoms with E-state index in [2.05, 4.69) is 47.8 Å². The zero-order chi connectivity index (χ0) is 20.6. The maximum atomic E-state index is 12.1. The standard InChI is InChI=1S/C21H17Br2N3O2S/c22-14-6-11-19(18(23)12-14)28-13-20(27)26-21(29)25-17-9-7-16(8-10-17)24-15-4-2-1-3-5-15/h1-12,24H,13H2,(H2,25,26,27,29). The van der Waals surface area contributed by atoms with Gasteiger partial charge in [0, 0.05) is 21.5 Å². The Morgan fingerprint density at radius 2 is 1.55 bits per heavy atom. The maximum Gasteiger partial charge on any atom is 0.264 e. The topological polar surface area (TPSA) is 62.4 Å². The highest BCUT2D eigenvalue weighted by Crippen LogP contribution is 2.28. The summed E-state index contributed by atoms with van der Waals surface area (Å²) in [5.41, 5.74) is 2.73. The smallest absolute Gasteiger partial charge is 0.264 e. The van der Waals surface area contributed by atoms with E-state index in [1.807, 2.05) is 66.7 Å². The van der Waals surface area contributed by atoms with Crippen molar-refractivity contribution in [3.05, 3.63) is 81.7 Å². The fourth-order valence-electron chi connectivity index (χ4n) is 2.39. The molecule has 0 bridgehead atoms. The van der Waals surface area contributed by atoms with Gasteiger partial charge in [-0.05, 0) is 82.7 Å². The van der Waals surface area contributed by atoms with Crippen molar-refractivity contribution in [3.63, 3.8) is 0 Å². The molecule has 148 valence electrons. The number of ether oxygens (including phenoxy) is 1. The monoisotopic (exact) mass is 533 g/mol. The van der Waals surface area contributed by atoms with Crippen molar-refractivity contribution in [2.75, 3.05) is 17.2 Å². The second kappa shape index (κ2) is 10.4. The fraction of sp³-hybridized carbons (Fsp3) is 0.0476. The van der Waals surface area contributed by atoms with Crippen molar-refractivity contribution in [1.82, 2.24) is 5.32 Å². The molecular formula is C21H17Br2N3O2S. The first kappa shape index (κ1) is 21.3. The molecule has 0 heterocycles. The van der Waals surface area contributed by atoms with E-state index < -0.39 is 0 Å². The first-order valence-electron chi connectivity index (χ1n) is 8.60. The molecule has 0 saturated carbocycles. The van der Waals surface area contributed by atoms with Crippen molar-refractivity contribution < 1.29 is 9.53 Å². The van der Waals surface area contributed by atoms with E-state index in [4.69, 9.17) is 17.0 Å². The van der Waals surface area contributed by atoms with Gasteiger partial charge in [-0.1, -0.05) is 34.1 Å². The first-order chi connectivity index (χ1) is 14.0. The highest BCUT2D eigenvalue weighted by molar-refractivity contribution is 9.11. The lowest BCUT2D eigenvalue weighted by Gasteiger charge is -2.12. The summed E-state index contributed by atoms with van der Waals surface area (Å²) in [7, 11) is 0. The number of amides is 1. The predicted octanol–water partition coefficient (Wildman–Crippen LogP) is 5.85. The molecule has 3 N–H and O–H groups in total. The summed E-state index contributed by atoms with van der Waals surface area (Å²) in [6, 6.07) is 22.9. The van der Waals surface area contributed by atoms with Gasteiger partial charge in [-0.15, -0.1) is 0 Å². The van der Waals surface area contributed by atoms with Crippen LogP contribution in [-0.2, 0) is 4.79 Å². The first-order valence-corrected chi connectivity index (χ1v) is 10.6. The second-order valence-electron chi connectivity index (χ2n) is 5.93. The van der Waals surface area contributed by atoms with Gasteiger partial charge in [0.2, 0.25) is 0 Å². The number of anilines is 3. The normalized spacial score (nSPS) is 10.1. The third-order valence-corrected chi connectivity index (χ3v) is 5.03. The molecule has 3 aromatic carbocycles. The number of hydrogen-bond donors (Lipinski definition) is 3. The van der Waals surface area contributed by atoms with Gasteiger partial charge in [0.1, 0.15) is 5.75 Å². The molecule has 8 heteroatoms. The van der Waals surface area contributed by atoms with Crippen LogP contribution in [-0.4, -0.2) is 17.6 Å². The van der Waals surface area contributed by atoms with Crippen LogP contribution in [0, 0.1) is 0 Å². The Morgan fingerprint density at radius 3 is 2.24 bits per heavy atom. The molecular weight excluding hydrogens is 518 g/mol. The van der Waals surface area contributed by atoms with E-state index in [9.17, 15) is 4.79 Å². The average molecular weight is 535 g/mol. The van der Waals surface area contributed by atoms with E-state index in [1.54, 1.807) is 6.07 Å². The minimum atomic E-state index is -0.348. The van der Waals surface area contributed by atoms with Crippen LogP contribution in [0.1, 0.15) is 0 Å². The van der Waals surface area contributed by atoms with Crippen LogP contribution in [0.3, 0.4) is 0 Å². The maximum absolute atomic E-state index is 12.1. The third-order valence-electron chi connectivity index (χ3n) is 3.71. The molecule has 0 atom stereocenters. The number of benzene rings is 3. The van der Waals surface area contributed by atoms with Gasteiger partial charge in [-0.2, -0.15) is 0 Å². The van der Waals surface area contributed by atoms with Gasteiger partial charge < -0.3 is 15.4 Å². The van der Waals surface area contributed by atoms with Gasteiger partial charge in [0.05, 0.1) is 4.47 Å². The van der Waals surface area contributed by atoms with Crippen LogP contribution in [0.5, 0.6) is 5.75 Å². The molecule has 3 rings (SSSR count). The summed E-state index contributed by atoms with van der Waals surface area (Å²) in [5.74, 6) is 0.225. The van der Waals surface area contributed by atoms with Gasteiger partial charge >= 0.3 is 0 Å². The minimum Gasteiger partial charge on any atom is -0.483 e. The third kappa shape index (κ3) is 6.85. The number of para-hydroxylation sites is 1. The van der Waals surface area contributed by atoms with E-state index in [-0.39, 0.29) is 17.6 Å². The second-order valence-corrected chi connectivity index (χ2v) is 8.11. The summed E-state index contributed by atoms with van der Waals surface area (Å²) in [5, 5.41) is 9.09. The van der Waals surface area contributed by atoms with Crippen LogP contribution in [0.4, 0.5) is 17.1 Å². The SMILES string of the molecule is O=C(COc1ccc(Br)cc1Br)NC(=S)Nc1ccc(Nc2ccccc2)cc1. The van der Waals surface area contributed by atoms with Crippen LogP contribution in [0.15, 0.2) is 81.7 Å². The zero-order valence-electron chi connectivity index (χ0n) is 15.1. The molecule has 1 amide bonds. The van der Waals surface area contributed by atoms with E-state index >= 15 is 0 Å². The summed E-state index contributed by atoms with van der Waals surface area (Å²) in [4.78, 5) is 12.1. The van der Waals surface area contributed by atoms with Crippen LogP contribution < -0.4 is 20.7 Å². The average Bonchev–Trinajstić information content (AvgIpc) is 2.69. The van der Waals surface area contributed by atoms with Crippen molar-refractivity contribution in [2.24, 2.45) is 0 Å². The molecule has 0 fully saturated rings. The number of halogens is 2. The summed E-state index contributed by atoms with van der Waals surface area (Å²) in [6.45, 7) is -0.151. The molecule has 0 unspecified atom stereocenters. The molecule has 0 aliphatic carbocycles. The summed E-state index contributed by atoms with van der Waals surface area (Å²) in [6.07, 6.45) is 0. The Hall–Kier alpha value is -2.42. The number of carbonyl (C=O) groups is 1. The van der Waals surface area contributed by atoms with Crippen molar-refractivity contribution in [3.8, 4) is 5.75 Å². The fourth-order valence-corrected chi connectivity index (χ4v) is 3.78. The molecule has 3 aromatic rings. The van der Waals surface area contributed by atoms with Crippen LogP contribution in [0.2, 0.25) is 0 Å². The molecule has 0 radical (unpaired) electrons. The highest BCUT2D eigenvalue weighted by atomic mass is 79.9. The minimum absolute atomic E-state index is 0.151. The predicted molar refractivity (Wildman–Crippen MR) is 128 cm³/mol. The van der Waals surface area contributed by atoms with Crippen LogP contribution >= 0.6 is 44.1 Å². The van der Waals surface area contributed by atoms with Gasteiger partial charge in [0.15, 0.2) is 11.7 Å². The Labute approximate surface area is 191 Å².